The maximum atomic E-state index is 11.9. The van der Waals surface area contributed by atoms with Crippen molar-refractivity contribution in [2.75, 3.05) is 7.11 Å². The van der Waals surface area contributed by atoms with Crippen LogP contribution in [0.15, 0.2) is 24.3 Å². The molecule has 0 N–H and O–H groups in total. The molecular weight excluding hydrogens is 334 g/mol. The van der Waals surface area contributed by atoms with E-state index in [0.717, 1.165) is 22.6 Å². The summed E-state index contributed by atoms with van der Waals surface area (Å²) in [5, 5.41) is 13.2. The lowest BCUT2D eigenvalue weighted by Crippen LogP contribution is -2.13. The van der Waals surface area contributed by atoms with E-state index in [0.29, 0.717) is 18.4 Å². The van der Waals surface area contributed by atoms with Gasteiger partial charge in [0.2, 0.25) is 0 Å². The molecule has 0 bridgehead atoms. The van der Waals surface area contributed by atoms with Crippen molar-refractivity contribution in [2.24, 2.45) is 0 Å². The summed E-state index contributed by atoms with van der Waals surface area (Å²) < 4.78 is 11.4. The van der Waals surface area contributed by atoms with E-state index >= 15 is 0 Å². The number of ether oxygens (including phenoxy) is 2. The summed E-state index contributed by atoms with van der Waals surface area (Å²) in [5.74, 6) is -0.802. The van der Waals surface area contributed by atoms with E-state index in [1.807, 2.05) is 19.9 Å². The van der Waals surface area contributed by atoms with Crippen LogP contribution in [0.25, 0.3) is 5.69 Å². The Labute approximate surface area is 152 Å². The predicted octanol–water partition coefficient (Wildman–Crippen LogP) is 2.66. The van der Waals surface area contributed by atoms with Crippen LogP contribution in [-0.2, 0) is 20.7 Å². The maximum absolute atomic E-state index is 11.9. The van der Waals surface area contributed by atoms with Gasteiger partial charge in [-0.3, -0.25) is 4.79 Å². The van der Waals surface area contributed by atoms with E-state index in [4.69, 9.17) is 10.00 Å². The van der Waals surface area contributed by atoms with Crippen LogP contribution in [0.4, 0.5) is 0 Å². The van der Waals surface area contributed by atoms with Crippen LogP contribution in [-0.4, -0.2) is 34.9 Å². The number of nitriles is 1. The van der Waals surface area contributed by atoms with Crippen LogP contribution in [0.1, 0.15) is 40.7 Å². The maximum Gasteiger partial charge on any atom is 0.339 e. The topological polar surface area (TPSA) is 94.2 Å². The van der Waals surface area contributed by atoms with Crippen molar-refractivity contribution in [3.63, 3.8) is 0 Å². The SMILES string of the molecule is COC(=O)CCc1c(C)nn(-c2ccc(C(=O)O[C@H](C)C#N)cc2)c1C. The van der Waals surface area contributed by atoms with Gasteiger partial charge in [-0.25, -0.2) is 9.48 Å². The summed E-state index contributed by atoms with van der Waals surface area (Å²) >= 11 is 0. The molecule has 1 atom stereocenters. The Morgan fingerprint density at radius 1 is 1.27 bits per heavy atom. The second kappa shape index (κ2) is 8.30. The minimum Gasteiger partial charge on any atom is -0.469 e. The Balaban J connectivity index is 2.20. The number of aromatic nitrogens is 2. The summed E-state index contributed by atoms with van der Waals surface area (Å²) in [6.07, 6.45) is 0.0579. The number of benzene rings is 1. The van der Waals surface area contributed by atoms with Gasteiger partial charge in [0, 0.05) is 12.1 Å². The number of aryl methyl sites for hydroxylation is 1. The van der Waals surface area contributed by atoms with Crippen molar-refractivity contribution in [1.82, 2.24) is 9.78 Å². The van der Waals surface area contributed by atoms with Gasteiger partial charge in [0.05, 0.1) is 24.1 Å². The second-order valence-corrected chi connectivity index (χ2v) is 5.86. The van der Waals surface area contributed by atoms with E-state index in [2.05, 4.69) is 9.84 Å². The molecule has 0 unspecified atom stereocenters. The molecule has 0 amide bonds. The minimum absolute atomic E-state index is 0.258. The molecule has 0 saturated carbocycles. The second-order valence-electron chi connectivity index (χ2n) is 5.86. The quantitative estimate of drug-likeness (QED) is 0.740. The Bertz CT molecular complexity index is 847. The van der Waals surface area contributed by atoms with E-state index in [1.54, 1.807) is 28.9 Å². The lowest BCUT2D eigenvalue weighted by Gasteiger charge is -2.08. The lowest BCUT2D eigenvalue weighted by molar-refractivity contribution is -0.140. The molecule has 136 valence electrons. The fraction of sp³-hybridized carbons (Fsp3) is 0.368. The lowest BCUT2D eigenvalue weighted by atomic mass is 10.1. The molecule has 2 rings (SSSR count). The molecule has 26 heavy (non-hydrogen) atoms. The third kappa shape index (κ3) is 4.28. The highest BCUT2D eigenvalue weighted by Gasteiger charge is 2.16. The number of rotatable bonds is 6. The molecule has 0 aliphatic carbocycles. The Kier molecular flexibility index (Phi) is 6.12. The summed E-state index contributed by atoms with van der Waals surface area (Å²) in [6, 6.07) is 8.64. The van der Waals surface area contributed by atoms with Gasteiger partial charge in [0.1, 0.15) is 6.07 Å². The molecule has 0 saturated heterocycles. The molecule has 1 heterocycles. The first-order valence-corrected chi connectivity index (χ1v) is 8.20. The molecule has 2 aromatic rings. The zero-order chi connectivity index (χ0) is 19.3. The molecule has 0 spiro atoms. The Morgan fingerprint density at radius 3 is 2.50 bits per heavy atom. The van der Waals surface area contributed by atoms with E-state index < -0.39 is 12.1 Å². The number of methoxy groups -OCH3 is 1. The van der Waals surface area contributed by atoms with Gasteiger partial charge in [0.15, 0.2) is 6.10 Å². The third-order valence-corrected chi connectivity index (χ3v) is 4.06. The number of esters is 2. The van der Waals surface area contributed by atoms with Crippen LogP contribution >= 0.6 is 0 Å². The standard InChI is InChI=1S/C19H21N3O4/c1-12(11-20)26-19(24)15-5-7-16(8-6-15)22-14(3)17(13(2)21-22)9-10-18(23)25-4/h5-8,12H,9-10H2,1-4H3/t12-/m1/s1. The van der Waals surface area contributed by atoms with Crippen molar-refractivity contribution in [3.05, 3.63) is 46.8 Å². The van der Waals surface area contributed by atoms with Gasteiger partial charge in [-0.05, 0) is 57.0 Å². The largest absolute Gasteiger partial charge is 0.469 e. The average Bonchev–Trinajstić information content (AvgIpc) is 2.93. The molecule has 0 radical (unpaired) electrons. The molecule has 1 aromatic heterocycles. The van der Waals surface area contributed by atoms with Crippen molar-refractivity contribution >= 4 is 11.9 Å². The first-order valence-electron chi connectivity index (χ1n) is 8.20. The van der Waals surface area contributed by atoms with Crippen molar-refractivity contribution < 1.29 is 19.1 Å². The van der Waals surface area contributed by atoms with Crippen LogP contribution in [0.3, 0.4) is 0 Å². The van der Waals surface area contributed by atoms with Gasteiger partial charge < -0.3 is 9.47 Å². The Morgan fingerprint density at radius 2 is 1.92 bits per heavy atom. The highest BCUT2D eigenvalue weighted by molar-refractivity contribution is 5.89. The highest BCUT2D eigenvalue weighted by atomic mass is 16.5. The zero-order valence-corrected chi connectivity index (χ0v) is 15.3. The highest BCUT2D eigenvalue weighted by Crippen LogP contribution is 2.20. The predicted molar refractivity (Wildman–Crippen MR) is 93.9 cm³/mol. The zero-order valence-electron chi connectivity index (χ0n) is 15.3. The number of carbonyl (C=O) groups excluding carboxylic acids is 2. The average molecular weight is 355 g/mol. The molecule has 1 aromatic carbocycles. The normalized spacial score (nSPS) is 11.5. The van der Waals surface area contributed by atoms with Crippen molar-refractivity contribution in [3.8, 4) is 11.8 Å². The van der Waals surface area contributed by atoms with Crippen LogP contribution in [0.5, 0.6) is 0 Å². The summed E-state index contributed by atoms with van der Waals surface area (Å²) in [4.78, 5) is 23.3. The summed E-state index contributed by atoms with van der Waals surface area (Å²) in [6.45, 7) is 5.34. The molecular formula is C19H21N3O4. The molecule has 7 heteroatoms. The number of nitrogens with zero attached hydrogens (tertiary/aromatic N) is 3. The first-order chi connectivity index (χ1) is 12.4. The van der Waals surface area contributed by atoms with Gasteiger partial charge in [0.25, 0.3) is 0 Å². The van der Waals surface area contributed by atoms with E-state index in [1.165, 1.54) is 14.0 Å². The van der Waals surface area contributed by atoms with Crippen molar-refractivity contribution in [2.45, 2.75) is 39.7 Å². The molecule has 0 aliphatic heterocycles. The van der Waals surface area contributed by atoms with Gasteiger partial charge in [-0.15, -0.1) is 0 Å². The fourth-order valence-electron chi connectivity index (χ4n) is 2.61. The number of hydrogen-bond acceptors (Lipinski definition) is 6. The first kappa shape index (κ1) is 19.2. The fourth-order valence-corrected chi connectivity index (χ4v) is 2.61. The van der Waals surface area contributed by atoms with Gasteiger partial charge in [-0.2, -0.15) is 10.4 Å². The Hall–Kier alpha value is -3.14. The van der Waals surface area contributed by atoms with E-state index in [-0.39, 0.29) is 5.97 Å². The number of hydrogen-bond donors (Lipinski definition) is 0. The van der Waals surface area contributed by atoms with E-state index in [9.17, 15) is 9.59 Å². The monoisotopic (exact) mass is 355 g/mol. The van der Waals surface area contributed by atoms with Gasteiger partial charge >= 0.3 is 11.9 Å². The molecule has 0 fully saturated rings. The molecule has 0 aliphatic rings. The van der Waals surface area contributed by atoms with Crippen LogP contribution in [0.2, 0.25) is 0 Å². The third-order valence-electron chi connectivity index (χ3n) is 4.06. The molecule has 7 nitrogen and oxygen atoms in total. The smallest absolute Gasteiger partial charge is 0.339 e. The number of carbonyl (C=O) groups is 2. The summed E-state index contributed by atoms with van der Waals surface area (Å²) in [5.41, 5.74) is 3.93. The van der Waals surface area contributed by atoms with Gasteiger partial charge in [-0.1, -0.05) is 0 Å². The van der Waals surface area contributed by atoms with Crippen LogP contribution in [0, 0.1) is 25.2 Å². The van der Waals surface area contributed by atoms with Crippen molar-refractivity contribution in [1.29, 1.82) is 5.26 Å². The van der Waals surface area contributed by atoms with Crippen LogP contribution < -0.4 is 0 Å². The minimum atomic E-state index is -0.796. The summed E-state index contributed by atoms with van der Waals surface area (Å²) in [7, 11) is 1.37.